The highest BCUT2D eigenvalue weighted by molar-refractivity contribution is 6.26. The first-order chi connectivity index (χ1) is 30.8. The van der Waals surface area contributed by atoms with Gasteiger partial charge < -0.3 is 4.57 Å². The van der Waals surface area contributed by atoms with Crippen LogP contribution in [0.3, 0.4) is 0 Å². The topological polar surface area (TPSA) is 48.5 Å². The summed E-state index contributed by atoms with van der Waals surface area (Å²) in [6.45, 7) is 0. The zero-order valence-electron chi connectivity index (χ0n) is 33.6. The molecular weight excluding hydrogens is 755 g/mol. The molecule has 0 fully saturated rings. The van der Waals surface area contributed by atoms with Crippen LogP contribution in [0.4, 0.5) is 0 Å². The lowest BCUT2D eigenvalue weighted by Crippen LogP contribution is -2.06. The molecule has 0 saturated heterocycles. The van der Waals surface area contributed by atoms with Gasteiger partial charge in [0.05, 0.1) is 27.8 Å². The smallest absolute Gasteiger partial charge is 0.238 e. The second-order valence-corrected chi connectivity index (χ2v) is 15.6. The number of fused-ring (bicyclic) bond motifs is 7. The summed E-state index contributed by atoms with van der Waals surface area (Å²) in [5.74, 6) is 1.81. The first-order valence-corrected chi connectivity index (χ1v) is 21.0. The number of nitrogens with zero attached hydrogens (tertiary/aromatic N) is 5. The molecule has 9 aromatic carbocycles. The second kappa shape index (κ2) is 14.7. The summed E-state index contributed by atoms with van der Waals surface area (Å²) in [4.78, 5) is 15.6. The molecule has 5 heteroatoms. The Morgan fingerprint density at radius 1 is 0.290 bits per heavy atom. The van der Waals surface area contributed by atoms with Crippen LogP contribution in [0, 0.1) is 0 Å². The Labute approximate surface area is 358 Å². The van der Waals surface area contributed by atoms with Crippen LogP contribution < -0.4 is 0 Å². The molecule has 5 nitrogen and oxygen atoms in total. The average Bonchev–Trinajstić information content (AvgIpc) is 3.88. The van der Waals surface area contributed by atoms with Crippen molar-refractivity contribution >= 4 is 43.6 Å². The minimum Gasteiger partial charge on any atom is -0.309 e. The Bertz CT molecular complexity index is 3540. The van der Waals surface area contributed by atoms with Gasteiger partial charge in [0.2, 0.25) is 5.95 Å². The van der Waals surface area contributed by atoms with Crippen LogP contribution in [-0.4, -0.2) is 24.1 Å². The highest BCUT2D eigenvalue weighted by Gasteiger charge is 2.24. The molecule has 0 saturated carbocycles. The maximum absolute atomic E-state index is 5.29. The SMILES string of the molecule is c1ccc(-c2ccc(-c3ccc(-c4ccccc4)cc3-n3c4ccccc4c4c3ccc3c5ccccc5n(-c5nc(-c6ccccc6)nc(-c6ccccc6)n5)c34)cc2)cc1. The molecule has 0 N–H and O–H groups in total. The zero-order valence-corrected chi connectivity index (χ0v) is 33.6. The predicted molar refractivity (Wildman–Crippen MR) is 256 cm³/mol. The maximum atomic E-state index is 5.29. The van der Waals surface area contributed by atoms with Gasteiger partial charge >= 0.3 is 0 Å². The molecule has 3 heterocycles. The molecule has 3 aromatic heterocycles. The van der Waals surface area contributed by atoms with Crippen molar-refractivity contribution in [1.82, 2.24) is 24.1 Å². The summed E-state index contributed by atoms with van der Waals surface area (Å²) in [7, 11) is 0. The van der Waals surface area contributed by atoms with E-state index in [0.29, 0.717) is 17.6 Å². The molecule has 0 spiro atoms. The van der Waals surface area contributed by atoms with E-state index in [0.717, 1.165) is 77.1 Å². The van der Waals surface area contributed by atoms with Crippen molar-refractivity contribution in [3.8, 4) is 67.8 Å². The Morgan fingerprint density at radius 2 is 0.758 bits per heavy atom. The van der Waals surface area contributed by atoms with Crippen molar-refractivity contribution in [2.45, 2.75) is 0 Å². The Kier molecular flexibility index (Phi) is 8.42. The van der Waals surface area contributed by atoms with Gasteiger partial charge in [-0.1, -0.05) is 200 Å². The minimum atomic E-state index is 0.568. The van der Waals surface area contributed by atoms with E-state index in [2.05, 4.69) is 197 Å². The zero-order chi connectivity index (χ0) is 41.0. The molecule has 0 radical (unpaired) electrons. The first-order valence-electron chi connectivity index (χ1n) is 21.0. The lowest BCUT2D eigenvalue weighted by atomic mass is 9.96. The van der Waals surface area contributed by atoms with Crippen LogP contribution in [0.1, 0.15) is 0 Å². The van der Waals surface area contributed by atoms with Gasteiger partial charge in [-0.15, -0.1) is 0 Å². The van der Waals surface area contributed by atoms with Crippen molar-refractivity contribution in [2.75, 3.05) is 0 Å². The monoisotopic (exact) mass is 791 g/mol. The van der Waals surface area contributed by atoms with E-state index in [1.807, 2.05) is 36.4 Å². The number of para-hydroxylation sites is 2. The van der Waals surface area contributed by atoms with Crippen LogP contribution in [0.5, 0.6) is 0 Å². The largest absolute Gasteiger partial charge is 0.309 e. The number of hydrogen-bond acceptors (Lipinski definition) is 3. The van der Waals surface area contributed by atoms with Crippen molar-refractivity contribution < 1.29 is 0 Å². The third kappa shape index (κ3) is 5.90. The van der Waals surface area contributed by atoms with Crippen LogP contribution in [0.25, 0.3) is 111 Å². The molecular formula is C57H37N5. The van der Waals surface area contributed by atoms with Gasteiger partial charge in [-0.05, 0) is 52.1 Å². The Morgan fingerprint density at radius 3 is 1.37 bits per heavy atom. The fraction of sp³-hybridized carbons (Fsp3) is 0. The number of aromatic nitrogens is 5. The van der Waals surface area contributed by atoms with Crippen molar-refractivity contribution in [2.24, 2.45) is 0 Å². The maximum Gasteiger partial charge on any atom is 0.238 e. The van der Waals surface area contributed by atoms with E-state index in [-0.39, 0.29) is 0 Å². The van der Waals surface area contributed by atoms with Crippen molar-refractivity contribution in [3.63, 3.8) is 0 Å². The number of benzene rings is 9. The van der Waals surface area contributed by atoms with Gasteiger partial charge in [0.1, 0.15) is 0 Å². The lowest BCUT2D eigenvalue weighted by Gasteiger charge is -2.17. The van der Waals surface area contributed by atoms with Gasteiger partial charge in [0, 0.05) is 38.2 Å². The van der Waals surface area contributed by atoms with Crippen LogP contribution in [-0.2, 0) is 0 Å². The first kappa shape index (κ1) is 35.5. The molecule has 0 aliphatic carbocycles. The standard InChI is InChI=1S/C57H37N5/c1-5-17-38(18-6-1)40-29-31-41(32-30-40)45-34-33-44(39-19-7-2-8-20-39)37-52(45)61-50-28-16-14-26-48(50)53-51(61)36-35-47-46-25-13-15-27-49(46)62(54(47)53)57-59-55(42-21-9-3-10-22-42)58-56(60-57)43-23-11-4-12-24-43/h1-37H. The molecule has 62 heavy (non-hydrogen) atoms. The van der Waals surface area contributed by atoms with Gasteiger partial charge in [0.25, 0.3) is 0 Å². The summed E-state index contributed by atoms with van der Waals surface area (Å²) in [6.07, 6.45) is 0. The van der Waals surface area contributed by atoms with Crippen molar-refractivity contribution in [3.05, 3.63) is 224 Å². The Hall–Kier alpha value is -8.41. The average molecular weight is 792 g/mol. The molecule has 0 unspecified atom stereocenters. The summed E-state index contributed by atoms with van der Waals surface area (Å²) < 4.78 is 4.71. The third-order valence-corrected chi connectivity index (χ3v) is 12.0. The molecule has 0 aliphatic rings. The second-order valence-electron chi connectivity index (χ2n) is 15.6. The normalized spacial score (nSPS) is 11.5. The summed E-state index contributed by atoms with van der Waals surface area (Å²) in [6, 6.07) is 79.4. The van der Waals surface area contributed by atoms with E-state index in [1.165, 1.54) is 16.7 Å². The third-order valence-electron chi connectivity index (χ3n) is 12.0. The van der Waals surface area contributed by atoms with E-state index < -0.39 is 0 Å². The summed E-state index contributed by atoms with van der Waals surface area (Å²) >= 11 is 0. The number of rotatable bonds is 7. The molecule has 290 valence electrons. The Balaban J connectivity index is 1.17. The molecule has 0 bridgehead atoms. The van der Waals surface area contributed by atoms with Crippen LogP contribution in [0.2, 0.25) is 0 Å². The fourth-order valence-corrected chi connectivity index (χ4v) is 9.12. The molecule has 0 amide bonds. The van der Waals surface area contributed by atoms with E-state index in [9.17, 15) is 0 Å². The van der Waals surface area contributed by atoms with Gasteiger partial charge in [-0.2, -0.15) is 9.97 Å². The van der Waals surface area contributed by atoms with Gasteiger partial charge in [-0.3, -0.25) is 4.57 Å². The van der Waals surface area contributed by atoms with Crippen molar-refractivity contribution in [1.29, 1.82) is 0 Å². The van der Waals surface area contributed by atoms with E-state index >= 15 is 0 Å². The van der Waals surface area contributed by atoms with E-state index in [1.54, 1.807) is 0 Å². The number of hydrogen-bond donors (Lipinski definition) is 0. The minimum absolute atomic E-state index is 0.568. The highest BCUT2D eigenvalue weighted by Crippen LogP contribution is 2.44. The van der Waals surface area contributed by atoms with Gasteiger partial charge in [0.15, 0.2) is 11.6 Å². The highest BCUT2D eigenvalue weighted by atomic mass is 15.2. The van der Waals surface area contributed by atoms with Crippen LogP contribution in [0.15, 0.2) is 224 Å². The lowest BCUT2D eigenvalue weighted by molar-refractivity contribution is 0.955. The molecule has 12 rings (SSSR count). The fourth-order valence-electron chi connectivity index (χ4n) is 9.12. The van der Waals surface area contributed by atoms with Gasteiger partial charge in [-0.25, -0.2) is 4.98 Å². The molecule has 0 atom stereocenters. The predicted octanol–water partition coefficient (Wildman–Crippen LogP) is 14.4. The quantitative estimate of drug-likeness (QED) is 0.162. The van der Waals surface area contributed by atoms with Crippen LogP contribution >= 0.6 is 0 Å². The molecule has 0 aliphatic heterocycles. The molecule has 12 aromatic rings. The summed E-state index contributed by atoms with van der Waals surface area (Å²) in [5.41, 5.74) is 14.2. The summed E-state index contributed by atoms with van der Waals surface area (Å²) in [5, 5.41) is 4.55. The van der Waals surface area contributed by atoms with E-state index in [4.69, 9.17) is 15.0 Å².